The van der Waals surface area contributed by atoms with Crippen molar-refractivity contribution >= 4 is 22.5 Å². The quantitative estimate of drug-likeness (QED) is 0.524. The molecule has 0 bridgehead atoms. The second kappa shape index (κ2) is 6.14. The van der Waals surface area contributed by atoms with E-state index in [4.69, 9.17) is 5.73 Å². The average Bonchev–Trinajstić information content (AvgIpc) is 3.27. The molecule has 0 aliphatic heterocycles. The van der Waals surface area contributed by atoms with E-state index in [1.807, 2.05) is 24.7 Å². The maximum Gasteiger partial charge on any atom is 0.148 e. The molecular formula is C18H18FN7. The second-order valence-electron chi connectivity index (χ2n) is 6.00. The zero-order valence-electron chi connectivity index (χ0n) is 14.4. The van der Waals surface area contributed by atoms with E-state index in [9.17, 15) is 4.39 Å². The van der Waals surface area contributed by atoms with Crippen LogP contribution in [0.5, 0.6) is 0 Å². The third-order valence-corrected chi connectivity index (χ3v) is 4.50. The standard InChI is InChI=1S/C18H18FN7/c1-10(13-7-22-17(25-13)11-5-3-4-6-12(11)19)26-8-14(21-2)15-16(20)23-9-24-18(15)26/h3-10,21H,1-2H3,(H,22,25)(H2,20,23,24). The molecule has 1 aromatic carbocycles. The Bertz CT molecular complexity index is 1080. The topological polar surface area (TPSA) is 97.4 Å². The van der Waals surface area contributed by atoms with Gasteiger partial charge in [-0.15, -0.1) is 0 Å². The fourth-order valence-electron chi connectivity index (χ4n) is 3.08. The minimum Gasteiger partial charge on any atom is -0.386 e. The van der Waals surface area contributed by atoms with Crippen molar-refractivity contribution in [2.24, 2.45) is 0 Å². The molecule has 0 saturated heterocycles. The SMILES string of the molecule is CNc1cn(C(C)c2cnc(-c3ccccc3F)[nH]2)c2ncnc(N)c12. The Morgan fingerprint density at radius 1 is 1.23 bits per heavy atom. The molecule has 3 heterocycles. The Labute approximate surface area is 149 Å². The molecule has 8 heteroatoms. The molecule has 4 N–H and O–H groups in total. The molecule has 0 spiro atoms. The summed E-state index contributed by atoms with van der Waals surface area (Å²) in [4.78, 5) is 16.0. The maximum atomic E-state index is 14.0. The number of nitrogens with one attached hydrogen (secondary N) is 2. The minimum atomic E-state index is -0.314. The number of anilines is 2. The van der Waals surface area contributed by atoms with Gasteiger partial charge in [-0.3, -0.25) is 0 Å². The highest BCUT2D eigenvalue weighted by Crippen LogP contribution is 2.32. The van der Waals surface area contributed by atoms with Crippen LogP contribution < -0.4 is 11.1 Å². The number of benzene rings is 1. The number of H-pyrrole nitrogens is 1. The molecule has 0 aliphatic carbocycles. The van der Waals surface area contributed by atoms with Crippen molar-refractivity contribution in [3.63, 3.8) is 0 Å². The number of nitrogen functional groups attached to an aromatic ring is 1. The van der Waals surface area contributed by atoms with Crippen molar-refractivity contribution in [2.45, 2.75) is 13.0 Å². The normalized spacial score (nSPS) is 12.4. The number of aromatic nitrogens is 5. The number of halogens is 1. The summed E-state index contributed by atoms with van der Waals surface area (Å²) in [5.74, 6) is 0.594. The number of nitrogens with zero attached hydrogens (tertiary/aromatic N) is 4. The fraction of sp³-hybridized carbons (Fsp3) is 0.167. The van der Waals surface area contributed by atoms with E-state index in [1.54, 1.807) is 24.4 Å². The number of fused-ring (bicyclic) bond motifs is 1. The number of hydrogen-bond acceptors (Lipinski definition) is 5. The predicted molar refractivity (Wildman–Crippen MR) is 99.3 cm³/mol. The smallest absolute Gasteiger partial charge is 0.148 e. The number of aromatic amines is 1. The van der Waals surface area contributed by atoms with Crippen LogP contribution in [0.2, 0.25) is 0 Å². The summed E-state index contributed by atoms with van der Waals surface area (Å²) in [6.45, 7) is 2.01. The lowest BCUT2D eigenvalue weighted by atomic mass is 10.2. The van der Waals surface area contributed by atoms with E-state index in [0.717, 1.165) is 22.4 Å². The molecule has 7 nitrogen and oxygen atoms in total. The molecule has 26 heavy (non-hydrogen) atoms. The molecule has 0 amide bonds. The molecule has 4 aromatic rings. The van der Waals surface area contributed by atoms with Crippen LogP contribution in [0, 0.1) is 5.82 Å². The molecule has 0 aliphatic rings. The lowest BCUT2D eigenvalue weighted by Gasteiger charge is -2.12. The third kappa shape index (κ3) is 2.46. The van der Waals surface area contributed by atoms with Crippen molar-refractivity contribution in [3.05, 3.63) is 54.5 Å². The first-order valence-corrected chi connectivity index (χ1v) is 8.18. The van der Waals surface area contributed by atoms with Crippen LogP contribution in [0.3, 0.4) is 0 Å². The van der Waals surface area contributed by atoms with Crippen molar-refractivity contribution in [2.75, 3.05) is 18.1 Å². The minimum absolute atomic E-state index is 0.109. The highest BCUT2D eigenvalue weighted by atomic mass is 19.1. The maximum absolute atomic E-state index is 14.0. The molecule has 1 atom stereocenters. The molecule has 0 radical (unpaired) electrons. The first kappa shape index (κ1) is 16.1. The van der Waals surface area contributed by atoms with Gasteiger partial charge in [0.1, 0.15) is 29.4 Å². The van der Waals surface area contributed by atoms with Gasteiger partial charge in [0.15, 0.2) is 0 Å². The third-order valence-electron chi connectivity index (χ3n) is 4.50. The van der Waals surface area contributed by atoms with Crippen LogP contribution >= 0.6 is 0 Å². The van der Waals surface area contributed by atoms with Gasteiger partial charge in [0.05, 0.1) is 34.6 Å². The highest BCUT2D eigenvalue weighted by molar-refractivity contribution is 5.98. The first-order chi connectivity index (χ1) is 12.6. The highest BCUT2D eigenvalue weighted by Gasteiger charge is 2.19. The number of hydrogen-bond donors (Lipinski definition) is 3. The summed E-state index contributed by atoms with van der Waals surface area (Å²) in [6.07, 6.45) is 5.09. The molecule has 1 unspecified atom stereocenters. The van der Waals surface area contributed by atoms with Crippen LogP contribution in [0.15, 0.2) is 43.0 Å². The summed E-state index contributed by atoms with van der Waals surface area (Å²) in [5, 5.41) is 3.89. The Balaban J connectivity index is 1.78. The Hall–Kier alpha value is -3.42. The Morgan fingerprint density at radius 2 is 2.04 bits per heavy atom. The molecule has 4 rings (SSSR count). The first-order valence-electron chi connectivity index (χ1n) is 8.18. The number of rotatable bonds is 4. The summed E-state index contributed by atoms with van der Waals surface area (Å²) in [5.41, 5.74) is 8.85. The predicted octanol–water partition coefficient (Wildman–Crippen LogP) is 3.19. The van der Waals surface area contributed by atoms with Crippen LogP contribution in [0.1, 0.15) is 18.7 Å². The summed E-state index contributed by atoms with van der Waals surface area (Å²) in [6, 6.07) is 6.44. The summed E-state index contributed by atoms with van der Waals surface area (Å²) >= 11 is 0. The Morgan fingerprint density at radius 3 is 2.81 bits per heavy atom. The van der Waals surface area contributed by atoms with E-state index >= 15 is 0 Å². The van der Waals surface area contributed by atoms with E-state index in [2.05, 4.69) is 25.3 Å². The molecule has 0 fully saturated rings. The largest absolute Gasteiger partial charge is 0.386 e. The van der Waals surface area contributed by atoms with Gasteiger partial charge < -0.3 is 20.6 Å². The van der Waals surface area contributed by atoms with Crippen LogP contribution in [0.25, 0.3) is 22.4 Å². The van der Waals surface area contributed by atoms with Gasteiger partial charge in [0.25, 0.3) is 0 Å². The van der Waals surface area contributed by atoms with E-state index in [-0.39, 0.29) is 11.9 Å². The van der Waals surface area contributed by atoms with Crippen molar-refractivity contribution < 1.29 is 4.39 Å². The zero-order chi connectivity index (χ0) is 18.3. The Kier molecular flexibility index (Phi) is 3.80. The van der Waals surface area contributed by atoms with Gasteiger partial charge in [0.2, 0.25) is 0 Å². The van der Waals surface area contributed by atoms with Crippen LogP contribution in [-0.2, 0) is 0 Å². The molecule has 3 aromatic heterocycles. The molecule has 132 valence electrons. The fourth-order valence-corrected chi connectivity index (χ4v) is 3.08. The average molecular weight is 351 g/mol. The van der Waals surface area contributed by atoms with Gasteiger partial charge in [-0.1, -0.05) is 12.1 Å². The van der Waals surface area contributed by atoms with Gasteiger partial charge in [-0.05, 0) is 19.1 Å². The summed E-state index contributed by atoms with van der Waals surface area (Å²) in [7, 11) is 1.82. The summed E-state index contributed by atoms with van der Waals surface area (Å²) < 4.78 is 16.0. The van der Waals surface area contributed by atoms with Crippen molar-refractivity contribution in [1.82, 2.24) is 24.5 Å². The lowest BCUT2D eigenvalue weighted by Crippen LogP contribution is -2.07. The molecule has 0 saturated carbocycles. The van der Waals surface area contributed by atoms with E-state index in [1.165, 1.54) is 12.4 Å². The van der Waals surface area contributed by atoms with Gasteiger partial charge in [-0.25, -0.2) is 19.3 Å². The zero-order valence-corrected chi connectivity index (χ0v) is 14.4. The van der Waals surface area contributed by atoms with Crippen molar-refractivity contribution in [3.8, 4) is 11.4 Å². The second-order valence-corrected chi connectivity index (χ2v) is 6.00. The van der Waals surface area contributed by atoms with Gasteiger partial charge in [-0.2, -0.15) is 0 Å². The van der Waals surface area contributed by atoms with Crippen molar-refractivity contribution in [1.29, 1.82) is 0 Å². The van der Waals surface area contributed by atoms with E-state index in [0.29, 0.717) is 17.2 Å². The van der Waals surface area contributed by atoms with Crippen LogP contribution in [0.4, 0.5) is 15.9 Å². The van der Waals surface area contributed by atoms with Crippen LogP contribution in [-0.4, -0.2) is 31.6 Å². The lowest BCUT2D eigenvalue weighted by molar-refractivity contribution is 0.628. The number of nitrogens with two attached hydrogens (primary N) is 1. The van der Waals surface area contributed by atoms with Gasteiger partial charge in [0, 0.05) is 13.2 Å². The van der Waals surface area contributed by atoms with E-state index < -0.39 is 0 Å². The monoisotopic (exact) mass is 351 g/mol. The van der Waals surface area contributed by atoms with Gasteiger partial charge >= 0.3 is 0 Å². The molecular weight excluding hydrogens is 333 g/mol. The number of imidazole rings is 1.